The van der Waals surface area contributed by atoms with Crippen molar-refractivity contribution in [3.8, 4) is 17.2 Å². The topological polar surface area (TPSA) is 110 Å². The van der Waals surface area contributed by atoms with Gasteiger partial charge in [0.1, 0.15) is 0 Å². The molecule has 0 atom stereocenters. The standard InChI is InChI=1S/C20H22N2O5/c1-12-3-2-4-13(9-12)20(27)22-7-5-15(6-8-22)21-19(26)14-10-16(23)18(25)17(24)11-14/h2-4,9-11,15,23-25H,5-8H2,1H3,(H,21,26). The minimum atomic E-state index is -0.658. The summed E-state index contributed by atoms with van der Waals surface area (Å²) < 4.78 is 0. The summed E-state index contributed by atoms with van der Waals surface area (Å²) in [5.41, 5.74) is 1.75. The molecule has 1 heterocycles. The number of nitrogens with zero attached hydrogens (tertiary/aromatic N) is 1. The van der Waals surface area contributed by atoms with E-state index in [4.69, 9.17) is 0 Å². The molecule has 0 radical (unpaired) electrons. The van der Waals surface area contributed by atoms with Crippen LogP contribution in [0, 0.1) is 6.92 Å². The highest BCUT2D eigenvalue weighted by Gasteiger charge is 2.25. The summed E-state index contributed by atoms with van der Waals surface area (Å²) in [6, 6.07) is 9.54. The fraction of sp³-hybridized carbons (Fsp3) is 0.300. The number of phenolic OH excluding ortho intramolecular Hbond substituents is 3. The van der Waals surface area contributed by atoms with Gasteiger partial charge in [0.05, 0.1) is 0 Å². The number of carbonyl (C=O) groups is 2. The van der Waals surface area contributed by atoms with E-state index < -0.39 is 23.2 Å². The predicted molar refractivity (Wildman–Crippen MR) is 99.0 cm³/mol. The van der Waals surface area contributed by atoms with E-state index in [1.165, 1.54) is 0 Å². The third-order valence-corrected chi connectivity index (χ3v) is 4.71. The van der Waals surface area contributed by atoms with Gasteiger partial charge in [0.15, 0.2) is 17.2 Å². The third-order valence-electron chi connectivity index (χ3n) is 4.71. The molecule has 0 aromatic heterocycles. The number of nitrogens with one attached hydrogen (secondary N) is 1. The highest BCUT2D eigenvalue weighted by atomic mass is 16.3. The lowest BCUT2D eigenvalue weighted by Gasteiger charge is -2.32. The second-order valence-electron chi connectivity index (χ2n) is 6.77. The lowest BCUT2D eigenvalue weighted by molar-refractivity contribution is 0.0698. The summed E-state index contributed by atoms with van der Waals surface area (Å²) in [5.74, 6) is -2.24. The van der Waals surface area contributed by atoms with Crippen molar-refractivity contribution < 1.29 is 24.9 Å². The number of aromatic hydroxyl groups is 3. The van der Waals surface area contributed by atoms with Crippen LogP contribution in [-0.2, 0) is 0 Å². The van der Waals surface area contributed by atoms with Crippen LogP contribution in [0.5, 0.6) is 17.2 Å². The smallest absolute Gasteiger partial charge is 0.253 e. The van der Waals surface area contributed by atoms with Crippen molar-refractivity contribution in [2.75, 3.05) is 13.1 Å². The third kappa shape index (κ3) is 4.13. The van der Waals surface area contributed by atoms with Crippen molar-refractivity contribution in [2.45, 2.75) is 25.8 Å². The molecule has 2 amide bonds. The zero-order valence-electron chi connectivity index (χ0n) is 15.0. The van der Waals surface area contributed by atoms with E-state index in [-0.39, 0.29) is 17.5 Å². The first-order valence-corrected chi connectivity index (χ1v) is 8.77. The fourth-order valence-corrected chi connectivity index (χ4v) is 3.19. The maximum absolute atomic E-state index is 12.6. The van der Waals surface area contributed by atoms with Gasteiger partial charge in [0, 0.05) is 30.3 Å². The molecule has 7 heteroatoms. The van der Waals surface area contributed by atoms with Gasteiger partial charge in [-0.1, -0.05) is 17.7 Å². The number of phenols is 3. The van der Waals surface area contributed by atoms with E-state index in [2.05, 4.69) is 5.32 Å². The van der Waals surface area contributed by atoms with Crippen LogP contribution >= 0.6 is 0 Å². The van der Waals surface area contributed by atoms with E-state index >= 15 is 0 Å². The quantitative estimate of drug-likeness (QED) is 0.619. The SMILES string of the molecule is Cc1cccc(C(=O)N2CCC(NC(=O)c3cc(O)c(O)c(O)c3)CC2)c1. The monoisotopic (exact) mass is 370 g/mol. The fourth-order valence-electron chi connectivity index (χ4n) is 3.19. The van der Waals surface area contributed by atoms with Gasteiger partial charge in [-0.25, -0.2) is 0 Å². The summed E-state index contributed by atoms with van der Waals surface area (Å²) in [6.07, 6.45) is 1.22. The molecular formula is C20H22N2O5. The molecule has 0 aliphatic carbocycles. The van der Waals surface area contributed by atoms with Crippen LogP contribution in [0.4, 0.5) is 0 Å². The molecule has 0 saturated carbocycles. The van der Waals surface area contributed by atoms with E-state index in [0.29, 0.717) is 31.5 Å². The predicted octanol–water partition coefficient (Wildman–Crippen LogP) is 2.15. The molecule has 7 nitrogen and oxygen atoms in total. The minimum Gasteiger partial charge on any atom is -0.504 e. The second kappa shape index (κ2) is 7.57. The molecule has 1 fully saturated rings. The van der Waals surface area contributed by atoms with Crippen LogP contribution in [-0.4, -0.2) is 51.2 Å². The molecule has 0 unspecified atom stereocenters. The molecule has 27 heavy (non-hydrogen) atoms. The summed E-state index contributed by atoms with van der Waals surface area (Å²) in [7, 11) is 0. The number of piperidine rings is 1. The van der Waals surface area contributed by atoms with Gasteiger partial charge in [-0.3, -0.25) is 9.59 Å². The Labute approximate surface area is 156 Å². The summed E-state index contributed by atoms with van der Waals surface area (Å²) in [4.78, 5) is 26.6. The lowest BCUT2D eigenvalue weighted by Crippen LogP contribution is -2.46. The Bertz CT molecular complexity index is 849. The Hall–Kier alpha value is -3.22. The minimum absolute atomic E-state index is 0.0168. The van der Waals surface area contributed by atoms with Crippen molar-refractivity contribution in [3.05, 3.63) is 53.1 Å². The van der Waals surface area contributed by atoms with Gasteiger partial charge in [-0.2, -0.15) is 0 Å². The van der Waals surface area contributed by atoms with Crippen LogP contribution in [0.25, 0.3) is 0 Å². The van der Waals surface area contributed by atoms with Crippen molar-refractivity contribution in [2.24, 2.45) is 0 Å². The highest BCUT2D eigenvalue weighted by molar-refractivity contribution is 5.96. The molecule has 3 rings (SSSR count). The van der Waals surface area contributed by atoms with Crippen molar-refractivity contribution in [1.82, 2.24) is 10.2 Å². The van der Waals surface area contributed by atoms with Gasteiger partial charge in [0.25, 0.3) is 11.8 Å². The Morgan fingerprint density at radius 2 is 1.63 bits per heavy atom. The average Bonchev–Trinajstić information content (AvgIpc) is 2.65. The van der Waals surface area contributed by atoms with Crippen LogP contribution in [0.3, 0.4) is 0 Å². The number of hydrogen-bond acceptors (Lipinski definition) is 5. The Kier molecular flexibility index (Phi) is 5.21. The summed E-state index contributed by atoms with van der Waals surface area (Å²) >= 11 is 0. The van der Waals surface area contributed by atoms with Crippen molar-refractivity contribution >= 4 is 11.8 Å². The van der Waals surface area contributed by atoms with E-state index in [1.54, 1.807) is 11.0 Å². The Morgan fingerprint density at radius 3 is 2.22 bits per heavy atom. The Morgan fingerprint density at radius 1 is 1.00 bits per heavy atom. The van der Waals surface area contributed by atoms with Gasteiger partial charge >= 0.3 is 0 Å². The van der Waals surface area contributed by atoms with Crippen LogP contribution in [0.2, 0.25) is 0 Å². The number of carbonyl (C=O) groups excluding carboxylic acids is 2. The van der Waals surface area contributed by atoms with Gasteiger partial charge in [-0.15, -0.1) is 0 Å². The van der Waals surface area contributed by atoms with Crippen LogP contribution in [0.1, 0.15) is 39.1 Å². The first kappa shape index (κ1) is 18.6. The van der Waals surface area contributed by atoms with E-state index in [1.807, 2.05) is 25.1 Å². The van der Waals surface area contributed by atoms with E-state index in [0.717, 1.165) is 17.7 Å². The summed E-state index contributed by atoms with van der Waals surface area (Å²) in [5, 5.41) is 31.2. The second-order valence-corrected chi connectivity index (χ2v) is 6.77. The average molecular weight is 370 g/mol. The molecule has 1 aliphatic rings. The van der Waals surface area contributed by atoms with Crippen molar-refractivity contribution in [1.29, 1.82) is 0 Å². The molecule has 2 aromatic carbocycles. The largest absolute Gasteiger partial charge is 0.504 e. The summed E-state index contributed by atoms with van der Waals surface area (Å²) in [6.45, 7) is 3.01. The molecule has 0 bridgehead atoms. The molecule has 4 N–H and O–H groups in total. The maximum atomic E-state index is 12.6. The molecule has 142 valence electrons. The Balaban J connectivity index is 1.58. The number of amides is 2. The zero-order chi connectivity index (χ0) is 19.6. The van der Waals surface area contributed by atoms with Crippen LogP contribution in [0.15, 0.2) is 36.4 Å². The molecule has 1 saturated heterocycles. The van der Waals surface area contributed by atoms with Crippen LogP contribution < -0.4 is 5.32 Å². The van der Waals surface area contributed by atoms with Crippen molar-refractivity contribution in [3.63, 3.8) is 0 Å². The zero-order valence-corrected chi connectivity index (χ0v) is 15.0. The van der Waals surface area contributed by atoms with Gasteiger partial charge in [-0.05, 0) is 44.0 Å². The number of benzene rings is 2. The number of hydrogen-bond donors (Lipinski definition) is 4. The molecule has 2 aromatic rings. The van der Waals surface area contributed by atoms with Gasteiger partial charge in [0.2, 0.25) is 0 Å². The highest BCUT2D eigenvalue weighted by Crippen LogP contribution is 2.35. The first-order chi connectivity index (χ1) is 12.8. The number of likely N-dealkylation sites (tertiary alicyclic amines) is 1. The first-order valence-electron chi connectivity index (χ1n) is 8.77. The molecular weight excluding hydrogens is 348 g/mol. The molecule has 1 aliphatic heterocycles. The van der Waals surface area contributed by atoms with Gasteiger partial charge < -0.3 is 25.5 Å². The number of aryl methyl sites for hydroxylation is 1. The lowest BCUT2D eigenvalue weighted by atomic mass is 10.0. The van der Waals surface area contributed by atoms with E-state index in [9.17, 15) is 24.9 Å². The normalized spacial score (nSPS) is 14.8. The molecule has 0 spiro atoms. The number of rotatable bonds is 3. The maximum Gasteiger partial charge on any atom is 0.253 e.